The molecule has 0 heterocycles. The van der Waals surface area contributed by atoms with Crippen molar-refractivity contribution < 1.29 is 19.1 Å². The number of carbonyl (C=O) groups excluding carboxylic acids is 3. The standard InChI is InChI=1S/C24H20N2O4/c1-14(27)30-16-8-6-7-15(13-16)24(29)26-22(23(25)28)21-19-11-4-2-9-17(19)18-10-3-5-12-20(18)21/h2-13,21-22H,1H3,(H2,25,28)(H,26,29)/t22-/m1/s1. The summed E-state index contributed by atoms with van der Waals surface area (Å²) in [6.07, 6.45) is 0. The molecule has 3 aromatic carbocycles. The minimum atomic E-state index is -0.945. The number of benzene rings is 3. The highest BCUT2D eigenvalue weighted by atomic mass is 16.5. The Hall–Kier alpha value is -3.93. The van der Waals surface area contributed by atoms with E-state index >= 15 is 0 Å². The number of amides is 2. The van der Waals surface area contributed by atoms with Gasteiger partial charge in [0.2, 0.25) is 5.91 Å². The van der Waals surface area contributed by atoms with Crippen LogP contribution in [0.25, 0.3) is 11.1 Å². The average Bonchev–Trinajstić information content (AvgIpc) is 3.06. The summed E-state index contributed by atoms with van der Waals surface area (Å²) in [6, 6.07) is 20.8. The Morgan fingerprint density at radius 3 is 2.07 bits per heavy atom. The van der Waals surface area contributed by atoms with Gasteiger partial charge in [0.05, 0.1) is 0 Å². The second-order valence-electron chi connectivity index (χ2n) is 7.13. The molecule has 1 aliphatic carbocycles. The zero-order chi connectivity index (χ0) is 21.3. The minimum Gasteiger partial charge on any atom is -0.427 e. The molecule has 6 heteroatoms. The van der Waals surface area contributed by atoms with Crippen LogP contribution in [0.5, 0.6) is 5.75 Å². The van der Waals surface area contributed by atoms with Crippen molar-refractivity contribution in [2.45, 2.75) is 18.9 Å². The lowest BCUT2D eigenvalue weighted by Crippen LogP contribution is -2.48. The molecule has 3 aromatic rings. The van der Waals surface area contributed by atoms with Crippen LogP contribution in [0.4, 0.5) is 0 Å². The third kappa shape index (κ3) is 3.55. The number of primary amides is 1. The monoisotopic (exact) mass is 400 g/mol. The van der Waals surface area contributed by atoms with Crippen LogP contribution in [-0.2, 0) is 9.59 Å². The molecule has 0 unspecified atom stereocenters. The van der Waals surface area contributed by atoms with Crippen molar-refractivity contribution in [1.29, 1.82) is 0 Å². The second kappa shape index (κ2) is 7.83. The van der Waals surface area contributed by atoms with Gasteiger partial charge in [-0.3, -0.25) is 14.4 Å². The zero-order valence-electron chi connectivity index (χ0n) is 16.3. The molecule has 6 nitrogen and oxygen atoms in total. The molecule has 4 rings (SSSR count). The molecule has 3 N–H and O–H groups in total. The highest BCUT2D eigenvalue weighted by molar-refractivity contribution is 5.99. The van der Waals surface area contributed by atoms with Gasteiger partial charge in [-0.15, -0.1) is 0 Å². The van der Waals surface area contributed by atoms with Gasteiger partial charge in [0.1, 0.15) is 11.8 Å². The second-order valence-corrected chi connectivity index (χ2v) is 7.13. The molecule has 0 spiro atoms. The van der Waals surface area contributed by atoms with Crippen molar-refractivity contribution in [3.63, 3.8) is 0 Å². The van der Waals surface area contributed by atoms with E-state index in [0.717, 1.165) is 22.3 Å². The number of nitrogens with one attached hydrogen (secondary N) is 1. The van der Waals surface area contributed by atoms with Crippen molar-refractivity contribution in [3.8, 4) is 16.9 Å². The predicted octanol–water partition coefficient (Wildman–Crippen LogP) is 3.01. The summed E-state index contributed by atoms with van der Waals surface area (Å²) < 4.78 is 5.04. The number of nitrogens with two attached hydrogens (primary N) is 1. The molecule has 150 valence electrons. The molecule has 0 aromatic heterocycles. The first-order valence-corrected chi connectivity index (χ1v) is 9.52. The molecular formula is C24H20N2O4. The lowest BCUT2D eigenvalue weighted by Gasteiger charge is -2.24. The molecule has 2 amide bonds. The van der Waals surface area contributed by atoms with E-state index in [0.29, 0.717) is 0 Å². The SMILES string of the molecule is CC(=O)Oc1cccc(C(=O)N[C@@H](C(N)=O)C2c3ccccc3-c3ccccc32)c1. The number of hydrogen-bond donors (Lipinski definition) is 2. The van der Waals surface area contributed by atoms with Crippen LogP contribution in [0.15, 0.2) is 72.8 Å². The Bertz CT molecular complexity index is 1110. The average molecular weight is 400 g/mol. The molecule has 30 heavy (non-hydrogen) atoms. The molecule has 0 aliphatic heterocycles. The van der Waals surface area contributed by atoms with Gasteiger partial charge in [0, 0.05) is 18.4 Å². The van der Waals surface area contributed by atoms with Gasteiger partial charge in [-0.05, 0) is 40.5 Å². The van der Waals surface area contributed by atoms with E-state index in [1.165, 1.54) is 13.0 Å². The Balaban J connectivity index is 1.68. The van der Waals surface area contributed by atoms with Gasteiger partial charge in [-0.2, -0.15) is 0 Å². The Morgan fingerprint density at radius 1 is 0.900 bits per heavy atom. The Labute approximate surface area is 173 Å². The van der Waals surface area contributed by atoms with E-state index in [9.17, 15) is 14.4 Å². The third-order valence-corrected chi connectivity index (χ3v) is 5.17. The molecule has 1 atom stereocenters. The van der Waals surface area contributed by atoms with Crippen molar-refractivity contribution in [3.05, 3.63) is 89.5 Å². The summed E-state index contributed by atoms with van der Waals surface area (Å²) in [6.45, 7) is 1.28. The number of esters is 1. The van der Waals surface area contributed by atoms with Gasteiger partial charge in [-0.1, -0.05) is 54.6 Å². The Kier molecular flexibility index (Phi) is 5.06. The van der Waals surface area contributed by atoms with Crippen LogP contribution in [0.1, 0.15) is 34.3 Å². The van der Waals surface area contributed by atoms with Gasteiger partial charge < -0.3 is 15.8 Å². The minimum absolute atomic E-state index is 0.252. The fourth-order valence-corrected chi connectivity index (χ4v) is 3.96. The van der Waals surface area contributed by atoms with Gasteiger partial charge in [0.15, 0.2) is 0 Å². The van der Waals surface area contributed by atoms with Crippen LogP contribution in [0, 0.1) is 0 Å². The first-order valence-electron chi connectivity index (χ1n) is 9.52. The van der Waals surface area contributed by atoms with Gasteiger partial charge in [0.25, 0.3) is 5.91 Å². The third-order valence-electron chi connectivity index (χ3n) is 5.17. The molecule has 1 aliphatic rings. The van der Waals surface area contributed by atoms with Crippen LogP contribution in [0.3, 0.4) is 0 Å². The van der Waals surface area contributed by atoms with Crippen LogP contribution in [0.2, 0.25) is 0 Å². The van der Waals surface area contributed by atoms with Gasteiger partial charge in [-0.25, -0.2) is 0 Å². The van der Waals surface area contributed by atoms with E-state index in [2.05, 4.69) is 5.32 Å². The molecule has 0 saturated heterocycles. The molecule has 0 saturated carbocycles. The summed E-state index contributed by atoms with van der Waals surface area (Å²) in [5.74, 6) is -1.73. The maximum atomic E-state index is 12.9. The maximum absolute atomic E-state index is 12.9. The van der Waals surface area contributed by atoms with Crippen molar-refractivity contribution >= 4 is 17.8 Å². The predicted molar refractivity (Wildman–Crippen MR) is 112 cm³/mol. The lowest BCUT2D eigenvalue weighted by molar-refractivity contribution is -0.131. The number of hydrogen-bond acceptors (Lipinski definition) is 4. The quantitative estimate of drug-likeness (QED) is 0.508. The fourth-order valence-electron chi connectivity index (χ4n) is 3.96. The highest BCUT2D eigenvalue weighted by Crippen LogP contribution is 2.46. The summed E-state index contributed by atoms with van der Waals surface area (Å²) in [5, 5.41) is 2.78. The van der Waals surface area contributed by atoms with E-state index in [4.69, 9.17) is 10.5 Å². The summed E-state index contributed by atoms with van der Waals surface area (Å²) in [4.78, 5) is 36.5. The number of fused-ring (bicyclic) bond motifs is 3. The highest BCUT2D eigenvalue weighted by Gasteiger charge is 2.38. The number of carbonyl (C=O) groups is 3. The zero-order valence-corrected chi connectivity index (χ0v) is 16.3. The number of ether oxygens (including phenoxy) is 1. The summed E-state index contributed by atoms with van der Waals surface area (Å²) in [5.41, 5.74) is 9.92. The smallest absolute Gasteiger partial charge is 0.308 e. The van der Waals surface area contributed by atoms with Crippen molar-refractivity contribution in [2.75, 3.05) is 0 Å². The normalized spacial score (nSPS) is 13.1. The van der Waals surface area contributed by atoms with Crippen LogP contribution in [-0.4, -0.2) is 23.8 Å². The van der Waals surface area contributed by atoms with E-state index in [-0.39, 0.29) is 11.3 Å². The largest absolute Gasteiger partial charge is 0.427 e. The van der Waals surface area contributed by atoms with Crippen LogP contribution >= 0.6 is 0 Å². The van der Waals surface area contributed by atoms with Crippen LogP contribution < -0.4 is 15.8 Å². The lowest BCUT2D eigenvalue weighted by atomic mass is 9.88. The summed E-state index contributed by atoms with van der Waals surface area (Å²) in [7, 11) is 0. The molecule has 0 bridgehead atoms. The first kappa shape index (κ1) is 19.4. The van der Waals surface area contributed by atoms with E-state index < -0.39 is 29.7 Å². The van der Waals surface area contributed by atoms with E-state index in [1.807, 2.05) is 48.5 Å². The maximum Gasteiger partial charge on any atom is 0.308 e. The van der Waals surface area contributed by atoms with Crippen molar-refractivity contribution in [2.24, 2.45) is 5.73 Å². The van der Waals surface area contributed by atoms with Crippen molar-refractivity contribution in [1.82, 2.24) is 5.32 Å². The molecule has 0 radical (unpaired) electrons. The number of rotatable bonds is 5. The topological polar surface area (TPSA) is 98.5 Å². The summed E-state index contributed by atoms with van der Waals surface area (Å²) >= 11 is 0. The van der Waals surface area contributed by atoms with E-state index in [1.54, 1.807) is 18.2 Å². The Morgan fingerprint density at radius 2 is 1.50 bits per heavy atom. The molecular weight excluding hydrogens is 380 g/mol. The first-order chi connectivity index (χ1) is 14.5. The van der Waals surface area contributed by atoms with Gasteiger partial charge >= 0.3 is 5.97 Å². The fraction of sp³-hybridized carbons (Fsp3) is 0.125. The molecule has 0 fully saturated rings.